The number of anilines is 1. The molecule has 0 aliphatic rings. The van der Waals surface area contributed by atoms with Gasteiger partial charge < -0.3 is 11.5 Å². The second-order valence-corrected chi connectivity index (χ2v) is 8.16. The molecule has 0 atom stereocenters. The highest BCUT2D eigenvalue weighted by molar-refractivity contribution is 7.90. The van der Waals surface area contributed by atoms with Gasteiger partial charge in [0.25, 0.3) is 0 Å². The van der Waals surface area contributed by atoms with Crippen LogP contribution in [0.15, 0.2) is 48.5 Å². The molecule has 1 aromatic heterocycles. The minimum Gasteiger partial charge on any atom is -0.368 e. The predicted molar refractivity (Wildman–Crippen MR) is 106 cm³/mol. The number of amides is 1. The number of hydrogen-bond donors (Lipinski definition) is 2. The van der Waals surface area contributed by atoms with E-state index in [4.69, 9.17) is 11.5 Å². The number of hydrogen-bond acceptors (Lipinski definition) is 5. The molecular formula is C19H19FN4O3S. The van der Waals surface area contributed by atoms with Crippen LogP contribution >= 0.6 is 0 Å². The second kappa shape index (κ2) is 7.43. The lowest BCUT2D eigenvalue weighted by Crippen LogP contribution is -2.18. The molecule has 4 N–H and O–H groups in total. The van der Waals surface area contributed by atoms with Crippen LogP contribution in [0.3, 0.4) is 0 Å². The van der Waals surface area contributed by atoms with E-state index in [0.29, 0.717) is 28.6 Å². The third-order valence-electron chi connectivity index (χ3n) is 4.11. The van der Waals surface area contributed by atoms with Crippen molar-refractivity contribution in [3.05, 3.63) is 65.5 Å². The first-order valence-corrected chi connectivity index (χ1v) is 10.1. The summed E-state index contributed by atoms with van der Waals surface area (Å²) in [6.45, 7) is 1.75. The Kier molecular flexibility index (Phi) is 5.19. The van der Waals surface area contributed by atoms with Crippen LogP contribution in [0.1, 0.15) is 24.5 Å². The van der Waals surface area contributed by atoms with Crippen LogP contribution in [-0.2, 0) is 14.8 Å². The predicted octanol–water partition coefficient (Wildman–Crippen LogP) is 2.26. The van der Waals surface area contributed by atoms with Crippen molar-refractivity contribution in [1.29, 1.82) is 0 Å². The first-order chi connectivity index (χ1) is 13.2. The Morgan fingerprint density at radius 1 is 1.21 bits per heavy atom. The number of benzene rings is 2. The quantitative estimate of drug-likeness (QED) is 0.613. The van der Waals surface area contributed by atoms with Crippen LogP contribution in [0.5, 0.6) is 0 Å². The Hall–Kier alpha value is -3.20. The highest BCUT2D eigenvalue weighted by Gasteiger charge is 2.21. The largest absolute Gasteiger partial charge is 0.368 e. The second-order valence-electron chi connectivity index (χ2n) is 6.22. The number of rotatable bonds is 6. The standard InChI is InChI=1S/C19H19FN4O3S/c1-2-8-28(26,27)24-17-10-13(6-7-16(17)23-19(24)22)15(11-18(21)25)12-4-3-5-14(20)9-12/h3-7,9-11H,2,8H2,1H3,(H2,21,25)(H2,22,23)/b15-11-. The smallest absolute Gasteiger partial charge is 0.242 e. The summed E-state index contributed by atoms with van der Waals surface area (Å²) in [6.07, 6.45) is 1.58. The number of imidazole rings is 1. The number of aromatic nitrogens is 2. The van der Waals surface area contributed by atoms with E-state index in [9.17, 15) is 17.6 Å². The van der Waals surface area contributed by atoms with Crippen LogP contribution in [0, 0.1) is 5.82 Å². The molecule has 0 fully saturated rings. The topological polar surface area (TPSA) is 121 Å². The van der Waals surface area contributed by atoms with E-state index in [0.717, 1.165) is 3.97 Å². The Balaban J connectivity index is 2.26. The van der Waals surface area contributed by atoms with Crippen LogP contribution in [0.25, 0.3) is 16.6 Å². The molecule has 0 aliphatic heterocycles. The first-order valence-electron chi connectivity index (χ1n) is 8.51. The summed E-state index contributed by atoms with van der Waals surface area (Å²) in [5.74, 6) is -1.44. The Bertz CT molecular complexity index is 1200. The van der Waals surface area contributed by atoms with E-state index < -0.39 is 21.7 Å². The maximum atomic E-state index is 13.7. The van der Waals surface area contributed by atoms with Crippen LogP contribution in [0.2, 0.25) is 0 Å². The van der Waals surface area contributed by atoms with Crippen molar-refractivity contribution in [3.8, 4) is 0 Å². The zero-order chi connectivity index (χ0) is 20.5. The maximum absolute atomic E-state index is 13.7. The summed E-state index contributed by atoms with van der Waals surface area (Å²) in [4.78, 5) is 15.6. The van der Waals surface area contributed by atoms with Gasteiger partial charge in [0, 0.05) is 6.08 Å². The molecule has 0 unspecified atom stereocenters. The average molecular weight is 402 g/mol. The van der Waals surface area contributed by atoms with Crippen LogP contribution in [0.4, 0.5) is 10.3 Å². The Morgan fingerprint density at radius 3 is 2.57 bits per heavy atom. The summed E-state index contributed by atoms with van der Waals surface area (Å²) < 4.78 is 39.9. The van der Waals surface area contributed by atoms with Gasteiger partial charge in [0.05, 0.1) is 16.8 Å². The van der Waals surface area contributed by atoms with Crippen molar-refractivity contribution in [3.63, 3.8) is 0 Å². The fourth-order valence-electron chi connectivity index (χ4n) is 3.01. The molecule has 1 heterocycles. The molecule has 146 valence electrons. The molecule has 9 heteroatoms. The number of fused-ring (bicyclic) bond motifs is 1. The minimum absolute atomic E-state index is 0.0965. The summed E-state index contributed by atoms with van der Waals surface area (Å²) in [5.41, 5.74) is 13.1. The number of nitrogen functional groups attached to an aromatic ring is 1. The molecular weight excluding hydrogens is 383 g/mol. The van der Waals surface area contributed by atoms with E-state index in [1.807, 2.05) is 0 Å². The number of halogens is 1. The van der Waals surface area contributed by atoms with E-state index in [2.05, 4.69) is 4.98 Å². The lowest BCUT2D eigenvalue weighted by atomic mass is 9.97. The van der Waals surface area contributed by atoms with Gasteiger partial charge in [-0.25, -0.2) is 21.8 Å². The highest BCUT2D eigenvalue weighted by atomic mass is 32.2. The number of nitrogens with two attached hydrogens (primary N) is 2. The van der Waals surface area contributed by atoms with E-state index in [-0.39, 0.29) is 17.2 Å². The number of carbonyl (C=O) groups is 1. The van der Waals surface area contributed by atoms with Gasteiger partial charge in [-0.15, -0.1) is 0 Å². The van der Waals surface area contributed by atoms with Crippen molar-refractivity contribution < 1.29 is 17.6 Å². The minimum atomic E-state index is -3.70. The summed E-state index contributed by atoms with van der Waals surface area (Å²) in [7, 11) is -3.70. The van der Waals surface area contributed by atoms with Crippen LogP contribution in [-0.4, -0.2) is 29.0 Å². The molecule has 0 aliphatic carbocycles. The molecule has 28 heavy (non-hydrogen) atoms. The molecule has 0 saturated carbocycles. The third-order valence-corrected chi connectivity index (χ3v) is 5.98. The molecule has 2 aromatic carbocycles. The summed E-state index contributed by atoms with van der Waals surface area (Å²) >= 11 is 0. The van der Waals surface area contributed by atoms with Crippen molar-refractivity contribution >= 4 is 38.5 Å². The third kappa shape index (κ3) is 3.74. The molecule has 1 amide bonds. The maximum Gasteiger partial charge on any atom is 0.242 e. The van der Waals surface area contributed by atoms with Gasteiger partial charge in [0.2, 0.25) is 21.9 Å². The molecule has 3 aromatic rings. The van der Waals surface area contributed by atoms with Gasteiger partial charge in [-0.3, -0.25) is 4.79 Å². The van der Waals surface area contributed by atoms with E-state index >= 15 is 0 Å². The summed E-state index contributed by atoms with van der Waals surface area (Å²) in [6, 6.07) is 10.5. The Morgan fingerprint density at radius 2 is 1.93 bits per heavy atom. The number of carbonyl (C=O) groups excluding carboxylic acids is 1. The number of nitrogens with zero attached hydrogens (tertiary/aromatic N) is 2. The molecule has 7 nitrogen and oxygen atoms in total. The van der Waals surface area contributed by atoms with Crippen molar-refractivity contribution in [1.82, 2.24) is 8.96 Å². The monoisotopic (exact) mass is 402 g/mol. The summed E-state index contributed by atoms with van der Waals surface area (Å²) in [5, 5.41) is 0. The van der Waals surface area contributed by atoms with Gasteiger partial charge in [-0.2, -0.15) is 0 Å². The lowest BCUT2D eigenvalue weighted by molar-refractivity contribution is -0.113. The zero-order valence-electron chi connectivity index (χ0n) is 15.1. The van der Waals surface area contributed by atoms with Gasteiger partial charge in [-0.05, 0) is 47.4 Å². The lowest BCUT2D eigenvalue weighted by Gasteiger charge is -2.10. The highest BCUT2D eigenvalue weighted by Crippen LogP contribution is 2.29. The zero-order valence-corrected chi connectivity index (χ0v) is 15.9. The first kappa shape index (κ1) is 19.6. The average Bonchev–Trinajstić information content (AvgIpc) is 2.95. The SMILES string of the molecule is CCCS(=O)(=O)n1c(N)nc2ccc(/C(=C\C(N)=O)c3cccc(F)c3)cc21. The van der Waals surface area contributed by atoms with Crippen molar-refractivity contribution in [2.45, 2.75) is 13.3 Å². The normalized spacial score (nSPS) is 12.4. The van der Waals surface area contributed by atoms with Crippen molar-refractivity contribution in [2.24, 2.45) is 5.73 Å². The molecule has 0 radical (unpaired) electrons. The van der Waals surface area contributed by atoms with Gasteiger partial charge in [-0.1, -0.05) is 25.1 Å². The molecule has 0 spiro atoms. The van der Waals surface area contributed by atoms with Gasteiger partial charge in [0.15, 0.2) is 0 Å². The fourth-order valence-corrected chi connectivity index (χ4v) is 4.48. The van der Waals surface area contributed by atoms with E-state index in [1.54, 1.807) is 31.2 Å². The van der Waals surface area contributed by atoms with Crippen LogP contribution < -0.4 is 11.5 Å². The Labute approximate surface area is 161 Å². The van der Waals surface area contributed by atoms with Gasteiger partial charge in [0.1, 0.15) is 5.82 Å². The fraction of sp³-hybridized carbons (Fsp3) is 0.158. The molecule has 0 saturated heterocycles. The molecule has 3 rings (SSSR count). The van der Waals surface area contributed by atoms with Crippen molar-refractivity contribution in [2.75, 3.05) is 11.5 Å². The van der Waals surface area contributed by atoms with Gasteiger partial charge >= 0.3 is 0 Å². The molecule has 0 bridgehead atoms. The number of primary amides is 1. The van der Waals surface area contributed by atoms with E-state index in [1.165, 1.54) is 24.3 Å².